The molecule has 6 atom stereocenters. The first-order chi connectivity index (χ1) is 23.2. The molecule has 2 aliphatic carbocycles. The number of rotatable bonds is 10. The fourth-order valence-corrected chi connectivity index (χ4v) is 7.94. The van der Waals surface area contributed by atoms with Gasteiger partial charge in [-0.05, 0) is 105 Å². The summed E-state index contributed by atoms with van der Waals surface area (Å²) in [6.07, 6.45) is 8.11. The lowest BCUT2D eigenvalue weighted by atomic mass is 9.71. The van der Waals surface area contributed by atoms with Crippen LogP contribution in [0.5, 0.6) is 0 Å². The van der Waals surface area contributed by atoms with E-state index in [4.69, 9.17) is 4.74 Å². The minimum atomic E-state index is -1.05. The first-order valence-electron chi connectivity index (χ1n) is 17.8. The number of carbonyl (C=O) groups excluding carboxylic acids is 2. The molecule has 2 aromatic rings. The van der Waals surface area contributed by atoms with Crippen LogP contribution in [0.15, 0.2) is 95.6 Å². The Bertz CT molecular complexity index is 1610. The lowest BCUT2D eigenvalue weighted by Gasteiger charge is -2.34. The van der Waals surface area contributed by atoms with Crippen LogP contribution >= 0.6 is 0 Å². The number of benzene rings is 2. The molecule has 0 radical (unpaired) electrons. The van der Waals surface area contributed by atoms with Crippen LogP contribution in [-0.2, 0) is 14.3 Å². The molecule has 2 N–H and O–H groups in total. The van der Waals surface area contributed by atoms with Crippen LogP contribution in [-0.4, -0.2) is 46.4 Å². The lowest BCUT2D eigenvalue weighted by molar-refractivity contribution is -0.157. The van der Waals surface area contributed by atoms with Gasteiger partial charge in [0.2, 0.25) is 0 Å². The van der Waals surface area contributed by atoms with Crippen LogP contribution in [0.2, 0.25) is 0 Å². The number of allylic oxidation sites excluding steroid dienone is 6. The molecule has 262 valence electrons. The van der Waals surface area contributed by atoms with E-state index >= 15 is 0 Å². The summed E-state index contributed by atoms with van der Waals surface area (Å²) in [5.41, 5.74) is 4.95. The van der Waals surface area contributed by atoms with Gasteiger partial charge >= 0.3 is 5.97 Å². The average molecular weight is 670 g/mol. The molecule has 2 aromatic carbocycles. The molecule has 4 unspecified atom stereocenters. The van der Waals surface area contributed by atoms with Crippen molar-refractivity contribution in [1.29, 1.82) is 0 Å². The van der Waals surface area contributed by atoms with E-state index in [0.717, 1.165) is 40.0 Å². The number of aliphatic hydroxyl groups excluding tert-OH is 2. The van der Waals surface area contributed by atoms with Gasteiger partial charge in [-0.1, -0.05) is 81.0 Å². The topological polar surface area (TPSA) is 87.1 Å². The van der Waals surface area contributed by atoms with Crippen molar-refractivity contribution in [3.63, 3.8) is 0 Å². The summed E-state index contributed by atoms with van der Waals surface area (Å²) in [6.45, 7) is 12.4. The molecule has 49 heavy (non-hydrogen) atoms. The van der Waals surface area contributed by atoms with Crippen molar-refractivity contribution in [3.05, 3.63) is 107 Å². The lowest BCUT2D eigenvalue weighted by Crippen LogP contribution is -2.35. The molecule has 0 aromatic heterocycles. The predicted molar refractivity (Wildman–Crippen MR) is 193 cm³/mol. The van der Waals surface area contributed by atoms with E-state index in [0.29, 0.717) is 19.4 Å². The van der Waals surface area contributed by atoms with Crippen LogP contribution in [0.1, 0.15) is 79.2 Å². The third kappa shape index (κ3) is 8.68. The maximum atomic E-state index is 14.8. The molecule has 0 fully saturated rings. The summed E-state index contributed by atoms with van der Waals surface area (Å²) in [6, 6.07) is 16.4. The molecule has 1 heterocycles. The van der Waals surface area contributed by atoms with Crippen molar-refractivity contribution in [2.45, 2.75) is 91.5 Å². The fraction of sp³-hybridized carbons (Fsp3) is 0.476. The van der Waals surface area contributed by atoms with Crippen LogP contribution in [0.4, 0.5) is 10.1 Å². The van der Waals surface area contributed by atoms with Gasteiger partial charge in [0.05, 0.1) is 18.6 Å². The molecule has 0 bridgehead atoms. The molecule has 0 saturated heterocycles. The van der Waals surface area contributed by atoms with E-state index in [2.05, 4.69) is 45.1 Å². The van der Waals surface area contributed by atoms with Gasteiger partial charge < -0.3 is 19.8 Å². The largest absolute Gasteiger partial charge is 0.460 e. The number of esters is 1. The summed E-state index contributed by atoms with van der Waals surface area (Å²) >= 11 is 0. The minimum absolute atomic E-state index is 0.00118. The zero-order chi connectivity index (χ0) is 35.5. The Balaban J connectivity index is 1.62. The zero-order valence-electron chi connectivity index (χ0n) is 29.7. The second kappa shape index (κ2) is 15.4. The Morgan fingerprint density at radius 2 is 1.63 bits per heavy atom. The third-order valence-electron chi connectivity index (χ3n) is 10.00. The van der Waals surface area contributed by atoms with Gasteiger partial charge in [0.1, 0.15) is 11.4 Å². The van der Waals surface area contributed by atoms with Gasteiger partial charge in [-0.3, -0.25) is 9.59 Å². The second-order valence-corrected chi connectivity index (χ2v) is 15.3. The van der Waals surface area contributed by atoms with Crippen LogP contribution in [0.3, 0.4) is 0 Å². The van der Waals surface area contributed by atoms with Gasteiger partial charge in [0.25, 0.3) is 5.91 Å². The normalized spacial score (nSPS) is 23.1. The molecule has 0 saturated carbocycles. The van der Waals surface area contributed by atoms with Crippen LogP contribution in [0, 0.1) is 35.4 Å². The Morgan fingerprint density at radius 3 is 2.29 bits per heavy atom. The molecule has 1 aliphatic heterocycles. The number of hydrogen-bond donors (Lipinski definition) is 2. The number of ether oxygens (including phenoxy) is 1. The maximum absolute atomic E-state index is 14.8. The standard InChI is InChI=1S/C42H52FNO5/c1-26(2)34-20-21-36-40(35-15-11-10-12-29(35)25-44(41(36)48)31-13-8-7-9-14-31)39(28-16-18-30(43)19-17-28)38(34)27(3)22-32(45)23-33(46)24-37(47)49-42(4,5)6/h7-19,26-27,29,32-35,45-46H,20-25H2,1-6H3/t27?,29?,32-,33-,34?,35?/m1/s1. The summed E-state index contributed by atoms with van der Waals surface area (Å²) in [5.74, 6) is -0.723. The summed E-state index contributed by atoms with van der Waals surface area (Å²) in [4.78, 5) is 29.1. The van der Waals surface area contributed by atoms with Crippen molar-refractivity contribution in [2.24, 2.45) is 29.6 Å². The van der Waals surface area contributed by atoms with E-state index < -0.39 is 23.8 Å². The van der Waals surface area contributed by atoms with Crippen molar-refractivity contribution in [1.82, 2.24) is 0 Å². The van der Waals surface area contributed by atoms with Gasteiger partial charge in [-0.15, -0.1) is 0 Å². The van der Waals surface area contributed by atoms with Crippen molar-refractivity contribution >= 4 is 23.1 Å². The highest BCUT2D eigenvalue weighted by Gasteiger charge is 2.42. The quantitative estimate of drug-likeness (QED) is 0.249. The first-order valence-corrected chi connectivity index (χ1v) is 17.8. The number of halogens is 1. The number of nitrogens with zero attached hydrogens (tertiary/aromatic N) is 1. The number of para-hydroxylation sites is 1. The molecule has 6 nitrogen and oxygen atoms in total. The van der Waals surface area contributed by atoms with E-state index in [1.807, 2.05) is 47.4 Å². The van der Waals surface area contributed by atoms with E-state index in [9.17, 15) is 24.2 Å². The number of carbonyl (C=O) groups is 2. The second-order valence-electron chi connectivity index (χ2n) is 15.3. The Labute approximate surface area is 291 Å². The zero-order valence-corrected chi connectivity index (χ0v) is 29.7. The highest BCUT2D eigenvalue weighted by Crippen LogP contribution is 2.51. The maximum Gasteiger partial charge on any atom is 0.308 e. The predicted octanol–water partition coefficient (Wildman–Crippen LogP) is 8.22. The van der Waals surface area contributed by atoms with Crippen LogP contribution in [0.25, 0.3) is 5.57 Å². The molecule has 7 heteroatoms. The van der Waals surface area contributed by atoms with E-state index in [1.165, 1.54) is 12.1 Å². The highest BCUT2D eigenvalue weighted by molar-refractivity contribution is 6.09. The van der Waals surface area contributed by atoms with Crippen molar-refractivity contribution in [3.8, 4) is 0 Å². The molecular weight excluding hydrogens is 617 g/mol. The fourth-order valence-electron chi connectivity index (χ4n) is 7.94. The molecule has 3 aliphatic rings. The first kappa shape index (κ1) is 36.5. The Morgan fingerprint density at radius 1 is 0.959 bits per heavy atom. The SMILES string of the molecule is CC(C[C@@H](O)C[C@@H](O)CC(=O)OC(C)(C)C)C1=C(c2ccc(F)cc2)C2=C(CCC1C(C)C)C(=O)N(c1ccccc1)CC1C=CC=CC21. The van der Waals surface area contributed by atoms with Gasteiger partial charge in [-0.25, -0.2) is 4.39 Å². The number of aliphatic hydroxyl groups is 2. The highest BCUT2D eigenvalue weighted by atomic mass is 19.1. The smallest absolute Gasteiger partial charge is 0.308 e. The van der Waals surface area contributed by atoms with Crippen molar-refractivity contribution in [2.75, 3.05) is 11.4 Å². The van der Waals surface area contributed by atoms with Gasteiger partial charge in [-0.2, -0.15) is 0 Å². The van der Waals surface area contributed by atoms with Crippen molar-refractivity contribution < 1.29 is 28.9 Å². The van der Waals surface area contributed by atoms with Gasteiger partial charge in [0, 0.05) is 29.6 Å². The minimum Gasteiger partial charge on any atom is -0.460 e. The monoisotopic (exact) mass is 669 g/mol. The third-order valence-corrected chi connectivity index (χ3v) is 10.00. The summed E-state index contributed by atoms with van der Waals surface area (Å²) in [5, 5.41) is 22.1. The van der Waals surface area contributed by atoms with Gasteiger partial charge in [0.15, 0.2) is 0 Å². The molecule has 5 rings (SSSR count). The number of amides is 1. The molecule has 1 amide bonds. The van der Waals surface area contributed by atoms with Crippen LogP contribution < -0.4 is 4.90 Å². The van der Waals surface area contributed by atoms with E-state index in [-0.39, 0.29) is 54.2 Å². The average Bonchev–Trinajstić information content (AvgIpc) is 3.28. The number of anilines is 1. The molecular formula is C42H52FNO5. The number of fused-ring (bicyclic) bond motifs is 2. The summed E-state index contributed by atoms with van der Waals surface area (Å²) < 4.78 is 19.8. The number of hydrogen-bond acceptors (Lipinski definition) is 5. The summed E-state index contributed by atoms with van der Waals surface area (Å²) in [7, 11) is 0. The Hall–Kier alpha value is -3.81. The Kier molecular flexibility index (Phi) is 11.5. The van der Waals surface area contributed by atoms with E-state index in [1.54, 1.807) is 20.8 Å². The molecule has 0 spiro atoms.